The van der Waals surface area contributed by atoms with Gasteiger partial charge in [0.05, 0.1) is 13.2 Å². The Bertz CT molecular complexity index is 557. The second kappa shape index (κ2) is 8.56. The van der Waals surface area contributed by atoms with Gasteiger partial charge in [-0.3, -0.25) is 9.59 Å². The van der Waals surface area contributed by atoms with Crippen LogP contribution in [0.3, 0.4) is 0 Å². The Morgan fingerprint density at radius 3 is 2.96 bits per heavy atom. The van der Waals surface area contributed by atoms with Gasteiger partial charge in [-0.2, -0.15) is 0 Å². The molecule has 1 aromatic rings. The van der Waals surface area contributed by atoms with Crippen molar-refractivity contribution in [1.29, 1.82) is 0 Å². The van der Waals surface area contributed by atoms with Crippen LogP contribution in [0.4, 0.5) is 5.69 Å². The Balaban J connectivity index is 1.77. The molecule has 0 spiro atoms. The predicted molar refractivity (Wildman–Crippen MR) is 90.6 cm³/mol. The van der Waals surface area contributed by atoms with E-state index in [0.29, 0.717) is 32.5 Å². The minimum absolute atomic E-state index is 0.00211. The first-order chi connectivity index (χ1) is 11.1. The molecule has 1 aromatic carbocycles. The number of nitrogens with one attached hydrogen (secondary N) is 1. The van der Waals surface area contributed by atoms with Crippen LogP contribution in [0.15, 0.2) is 18.2 Å². The molecule has 5 nitrogen and oxygen atoms in total. The fraction of sp³-hybridized carbons (Fsp3) is 0.556. The number of hydrogen-bond acceptors (Lipinski definition) is 4. The van der Waals surface area contributed by atoms with Crippen molar-refractivity contribution in [1.82, 2.24) is 5.32 Å². The summed E-state index contributed by atoms with van der Waals surface area (Å²) in [6.07, 6.45) is 3.11. The van der Waals surface area contributed by atoms with Crippen LogP contribution in [-0.4, -0.2) is 38.1 Å². The molecule has 1 aliphatic rings. The summed E-state index contributed by atoms with van der Waals surface area (Å²) in [5, 5.41) is 2.88. The molecular formula is C18H26N2O3. The second-order valence-electron chi connectivity index (χ2n) is 5.92. The molecule has 1 N–H and O–H groups in total. The highest BCUT2D eigenvalue weighted by atomic mass is 16.5. The van der Waals surface area contributed by atoms with Crippen LogP contribution < -0.4 is 10.2 Å². The number of anilines is 1. The van der Waals surface area contributed by atoms with Gasteiger partial charge in [-0.1, -0.05) is 17.7 Å². The van der Waals surface area contributed by atoms with Crippen LogP contribution in [0.1, 0.15) is 37.3 Å². The van der Waals surface area contributed by atoms with Gasteiger partial charge in [-0.15, -0.1) is 0 Å². The summed E-state index contributed by atoms with van der Waals surface area (Å²) in [7, 11) is 0. The molecule has 0 fully saturated rings. The Kier molecular flexibility index (Phi) is 6.44. The number of benzene rings is 1. The standard InChI is InChI=1S/C18H26N2O3/c1-3-23-18(22)7-4-10-19-17(21)13-20-11-5-6-15-12-14(2)8-9-16(15)20/h8-9,12H,3-7,10-11,13H2,1-2H3,(H,19,21). The van der Waals surface area contributed by atoms with E-state index in [1.807, 2.05) is 0 Å². The number of carbonyl (C=O) groups excluding carboxylic acids is 2. The van der Waals surface area contributed by atoms with E-state index >= 15 is 0 Å². The number of carbonyl (C=O) groups is 2. The van der Waals surface area contributed by atoms with Gasteiger partial charge in [0.25, 0.3) is 0 Å². The maximum absolute atomic E-state index is 12.1. The summed E-state index contributed by atoms with van der Waals surface area (Å²) in [6.45, 7) is 6.07. The maximum atomic E-state index is 12.1. The van der Waals surface area contributed by atoms with Gasteiger partial charge in [0, 0.05) is 25.2 Å². The largest absolute Gasteiger partial charge is 0.466 e. The van der Waals surface area contributed by atoms with E-state index in [0.717, 1.165) is 19.4 Å². The monoisotopic (exact) mass is 318 g/mol. The van der Waals surface area contributed by atoms with Crippen molar-refractivity contribution < 1.29 is 14.3 Å². The fourth-order valence-electron chi connectivity index (χ4n) is 2.89. The quantitative estimate of drug-likeness (QED) is 0.618. The average Bonchev–Trinajstić information content (AvgIpc) is 2.52. The number of aryl methyl sites for hydroxylation is 2. The topological polar surface area (TPSA) is 58.6 Å². The summed E-state index contributed by atoms with van der Waals surface area (Å²) in [4.78, 5) is 25.5. The Morgan fingerprint density at radius 1 is 1.35 bits per heavy atom. The molecule has 0 radical (unpaired) electrons. The average molecular weight is 318 g/mol. The number of amides is 1. The van der Waals surface area contributed by atoms with E-state index in [9.17, 15) is 9.59 Å². The molecule has 1 heterocycles. The van der Waals surface area contributed by atoms with Crippen molar-refractivity contribution in [2.45, 2.75) is 39.5 Å². The van der Waals surface area contributed by atoms with E-state index in [-0.39, 0.29) is 11.9 Å². The predicted octanol–water partition coefficient (Wildman–Crippen LogP) is 2.21. The van der Waals surface area contributed by atoms with Crippen molar-refractivity contribution in [3.8, 4) is 0 Å². The van der Waals surface area contributed by atoms with E-state index in [1.165, 1.54) is 16.8 Å². The maximum Gasteiger partial charge on any atom is 0.305 e. The third-order valence-corrected chi connectivity index (χ3v) is 3.97. The highest BCUT2D eigenvalue weighted by molar-refractivity contribution is 5.82. The third kappa shape index (κ3) is 5.27. The zero-order chi connectivity index (χ0) is 16.7. The number of hydrogen-bond donors (Lipinski definition) is 1. The van der Waals surface area contributed by atoms with Crippen LogP contribution >= 0.6 is 0 Å². The normalized spacial score (nSPS) is 13.4. The number of esters is 1. The SMILES string of the molecule is CCOC(=O)CCCNC(=O)CN1CCCc2cc(C)ccc21. The van der Waals surface area contributed by atoms with E-state index in [2.05, 4.69) is 35.3 Å². The van der Waals surface area contributed by atoms with Gasteiger partial charge in [-0.05, 0) is 44.7 Å². The Labute approximate surface area is 138 Å². The van der Waals surface area contributed by atoms with Gasteiger partial charge in [0.15, 0.2) is 0 Å². The highest BCUT2D eigenvalue weighted by Crippen LogP contribution is 2.27. The van der Waals surface area contributed by atoms with Gasteiger partial charge in [0.1, 0.15) is 0 Å². The van der Waals surface area contributed by atoms with Gasteiger partial charge in [0.2, 0.25) is 5.91 Å². The van der Waals surface area contributed by atoms with Crippen molar-refractivity contribution in [2.24, 2.45) is 0 Å². The minimum Gasteiger partial charge on any atom is -0.466 e. The van der Waals surface area contributed by atoms with Crippen LogP contribution in [0.5, 0.6) is 0 Å². The molecule has 1 amide bonds. The molecule has 0 saturated heterocycles. The second-order valence-corrected chi connectivity index (χ2v) is 5.92. The molecule has 0 atom stereocenters. The molecule has 23 heavy (non-hydrogen) atoms. The lowest BCUT2D eigenvalue weighted by atomic mass is 9.99. The molecular weight excluding hydrogens is 292 g/mol. The lowest BCUT2D eigenvalue weighted by molar-refractivity contribution is -0.143. The van der Waals surface area contributed by atoms with Crippen molar-refractivity contribution in [3.05, 3.63) is 29.3 Å². The molecule has 126 valence electrons. The first-order valence-electron chi connectivity index (χ1n) is 8.37. The van der Waals surface area contributed by atoms with Gasteiger partial charge < -0.3 is 15.0 Å². The number of fused-ring (bicyclic) bond motifs is 1. The molecule has 2 rings (SSSR count). The third-order valence-electron chi connectivity index (χ3n) is 3.97. The lowest BCUT2D eigenvalue weighted by Gasteiger charge is -2.31. The minimum atomic E-state index is -0.206. The first-order valence-corrected chi connectivity index (χ1v) is 8.37. The van der Waals surface area contributed by atoms with Crippen LogP contribution in [-0.2, 0) is 20.7 Å². The molecule has 0 aromatic heterocycles. The zero-order valence-corrected chi connectivity index (χ0v) is 14.1. The molecule has 0 bridgehead atoms. The van der Waals surface area contributed by atoms with Crippen molar-refractivity contribution in [2.75, 3.05) is 31.1 Å². The van der Waals surface area contributed by atoms with E-state index in [1.54, 1.807) is 6.92 Å². The van der Waals surface area contributed by atoms with Crippen molar-refractivity contribution >= 4 is 17.6 Å². The van der Waals surface area contributed by atoms with E-state index < -0.39 is 0 Å². The van der Waals surface area contributed by atoms with Crippen molar-refractivity contribution in [3.63, 3.8) is 0 Å². The molecule has 1 aliphatic heterocycles. The van der Waals surface area contributed by atoms with Crippen LogP contribution in [0.2, 0.25) is 0 Å². The number of ether oxygens (including phenoxy) is 1. The summed E-state index contributed by atoms with van der Waals surface area (Å²) in [5.74, 6) is -0.204. The summed E-state index contributed by atoms with van der Waals surface area (Å²) < 4.78 is 4.86. The number of nitrogens with zero attached hydrogens (tertiary/aromatic N) is 1. The summed E-state index contributed by atoms with van der Waals surface area (Å²) in [6, 6.07) is 6.41. The number of rotatable bonds is 7. The molecule has 0 aliphatic carbocycles. The fourth-order valence-corrected chi connectivity index (χ4v) is 2.89. The molecule has 0 unspecified atom stereocenters. The summed E-state index contributed by atoms with van der Waals surface area (Å²) >= 11 is 0. The highest BCUT2D eigenvalue weighted by Gasteiger charge is 2.18. The smallest absolute Gasteiger partial charge is 0.305 e. The lowest BCUT2D eigenvalue weighted by Crippen LogP contribution is -2.40. The molecule has 0 saturated carbocycles. The summed E-state index contributed by atoms with van der Waals surface area (Å²) in [5.41, 5.74) is 3.75. The Morgan fingerprint density at radius 2 is 2.17 bits per heavy atom. The van der Waals surface area contributed by atoms with Crippen LogP contribution in [0, 0.1) is 6.92 Å². The molecule has 5 heteroatoms. The zero-order valence-electron chi connectivity index (χ0n) is 14.1. The van der Waals surface area contributed by atoms with Crippen LogP contribution in [0.25, 0.3) is 0 Å². The Hall–Kier alpha value is -2.04. The van der Waals surface area contributed by atoms with Gasteiger partial charge >= 0.3 is 5.97 Å². The van der Waals surface area contributed by atoms with E-state index in [4.69, 9.17) is 4.74 Å². The first kappa shape index (κ1) is 17.3. The van der Waals surface area contributed by atoms with Gasteiger partial charge in [-0.25, -0.2) is 0 Å².